The Morgan fingerprint density at radius 3 is 2.55 bits per heavy atom. The first-order valence-corrected chi connectivity index (χ1v) is 7.60. The molecule has 3 rings (SSSR count). The van der Waals surface area contributed by atoms with E-state index in [0.717, 1.165) is 11.1 Å². The molecule has 0 aliphatic rings. The van der Waals surface area contributed by atoms with Gasteiger partial charge in [-0.25, -0.2) is 4.39 Å². The smallest absolute Gasteiger partial charge is 0.132 e. The summed E-state index contributed by atoms with van der Waals surface area (Å²) in [5, 5.41) is 1.29. The minimum Gasteiger partial charge on any atom is -0.489 e. The Hall–Kier alpha value is -2.00. The van der Waals surface area contributed by atoms with Crippen molar-refractivity contribution in [3.8, 4) is 5.75 Å². The predicted octanol–water partition coefficient (Wildman–Crippen LogP) is 5.59. The Morgan fingerprint density at radius 1 is 1.14 bits per heavy atom. The molecular weight excluding hydrogens is 301 g/mol. The molecule has 22 heavy (non-hydrogen) atoms. The molecule has 1 heterocycles. The summed E-state index contributed by atoms with van der Waals surface area (Å²) in [7, 11) is 0. The third-order valence-electron chi connectivity index (χ3n) is 3.65. The van der Waals surface area contributed by atoms with Gasteiger partial charge in [0.1, 0.15) is 18.2 Å². The SMILES string of the molecule is CC(C)n1cc(COc2ccc(Cl)cc2)c2c(F)cccc21. The summed E-state index contributed by atoms with van der Waals surface area (Å²) in [5.74, 6) is 0.498. The second kappa shape index (κ2) is 6.01. The summed E-state index contributed by atoms with van der Waals surface area (Å²) < 4.78 is 22.0. The van der Waals surface area contributed by atoms with Crippen molar-refractivity contribution >= 4 is 22.5 Å². The van der Waals surface area contributed by atoms with Crippen LogP contribution in [-0.2, 0) is 6.61 Å². The highest BCUT2D eigenvalue weighted by Crippen LogP contribution is 2.28. The summed E-state index contributed by atoms with van der Waals surface area (Å²) in [5.41, 5.74) is 1.74. The number of ether oxygens (including phenoxy) is 1. The van der Waals surface area contributed by atoms with Crippen LogP contribution in [0.2, 0.25) is 5.02 Å². The lowest BCUT2D eigenvalue weighted by molar-refractivity contribution is 0.307. The maximum Gasteiger partial charge on any atom is 0.132 e. The van der Waals surface area contributed by atoms with Crippen molar-refractivity contribution in [1.29, 1.82) is 0 Å². The number of hydrogen-bond donors (Lipinski definition) is 0. The molecule has 0 fully saturated rings. The van der Waals surface area contributed by atoms with Crippen LogP contribution in [-0.4, -0.2) is 4.57 Å². The number of fused-ring (bicyclic) bond motifs is 1. The summed E-state index contributed by atoms with van der Waals surface area (Å²) in [6.07, 6.45) is 1.97. The van der Waals surface area contributed by atoms with Crippen LogP contribution in [0.15, 0.2) is 48.7 Å². The zero-order chi connectivity index (χ0) is 15.7. The van der Waals surface area contributed by atoms with Gasteiger partial charge in [-0.3, -0.25) is 0 Å². The molecule has 0 radical (unpaired) electrons. The van der Waals surface area contributed by atoms with Gasteiger partial charge in [-0.05, 0) is 50.2 Å². The van der Waals surface area contributed by atoms with Crippen LogP contribution in [0.5, 0.6) is 5.75 Å². The van der Waals surface area contributed by atoms with E-state index in [1.54, 1.807) is 30.3 Å². The van der Waals surface area contributed by atoms with Crippen molar-refractivity contribution in [2.45, 2.75) is 26.5 Å². The average molecular weight is 318 g/mol. The Morgan fingerprint density at radius 2 is 1.86 bits per heavy atom. The molecule has 114 valence electrons. The van der Waals surface area contributed by atoms with Gasteiger partial charge in [0.25, 0.3) is 0 Å². The molecule has 2 aromatic carbocycles. The fourth-order valence-corrected chi connectivity index (χ4v) is 2.70. The molecule has 0 amide bonds. The predicted molar refractivity (Wildman–Crippen MR) is 88.1 cm³/mol. The maximum atomic E-state index is 14.2. The van der Waals surface area contributed by atoms with E-state index in [0.29, 0.717) is 22.8 Å². The molecule has 0 aliphatic heterocycles. The van der Waals surface area contributed by atoms with Crippen molar-refractivity contribution in [3.63, 3.8) is 0 Å². The fourth-order valence-electron chi connectivity index (χ4n) is 2.58. The van der Waals surface area contributed by atoms with E-state index in [9.17, 15) is 4.39 Å². The van der Waals surface area contributed by atoms with E-state index in [4.69, 9.17) is 16.3 Å². The standard InChI is InChI=1S/C18H17ClFNO/c1-12(2)21-10-13(18-16(20)4-3-5-17(18)21)11-22-15-8-6-14(19)7-9-15/h3-10,12H,11H2,1-2H3. The molecule has 3 aromatic rings. The minimum absolute atomic E-state index is 0.216. The molecular formula is C18H17ClFNO. The molecule has 0 saturated carbocycles. The van der Waals surface area contributed by atoms with Crippen LogP contribution in [0.4, 0.5) is 4.39 Å². The van der Waals surface area contributed by atoms with Crippen molar-refractivity contribution in [2.24, 2.45) is 0 Å². The van der Waals surface area contributed by atoms with Crippen LogP contribution >= 0.6 is 11.6 Å². The third kappa shape index (κ3) is 2.81. The van der Waals surface area contributed by atoms with Gasteiger partial charge in [0.15, 0.2) is 0 Å². The zero-order valence-electron chi connectivity index (χ0n) is 12.5. The first kappa shape index (κ1) is 14.9. The molecule has 0 N–H and O–H groups in total. The van der Waals surface area contributed by atoms with Crippen molar-refractivity contribution in [3.05, 3.63) is 65.1 Å². The number of halogens is 2. The van der Waals surface area contributed by atoms with Crippen LogP contribution < -0.4 is 4.74 Å². The molecule has 4 heteroatoms. The lowest BCUT2D eigenvalue weighted by Gasteiger charge is -2.08. The lowest BCUT2D eigenvalue weighted by atomic mass is 10.2. The van der Waals surface area contributed by atoms with Crippen LogP contribution in [0.3, 0.4) is 0 Å². The Kier molecular flexibility index (Phi) is 4.08. The maximum absolute atomic E-state index is 14.2. The number of hydrogen-bond acceptors (Lipinski definition) is 1. The number of aromatic nitrogens is 1. The van der Waals surface area contributed by atoms with Gasteiger partial charge < -0.3 is 9.30 Å². The summed E-state index contributed by atoms with van der Waals surface area (Å²) in [4.78, 5) is 0. The summed E-state index contributed by atoms with van der Waals surface area (Å²) in [6.45, 7) is 4.47. The molecule has 0 aliphatic carbocycles. The van der Waals surface area contributed by atoms with E-state index >= 15 is 0 Å². The lowest BCUT2D eigenvalue weighted by Crippen LogP contribution is -1.98. The summed E-state index contributed by atoms with van der Waals surface area (Å²) in [6, 6.07) is 12.6. The van der Waals surface area contributed by atoms with E-state index in [2.05, 4.69) is 18.4 Å². The quantitative estimate of drug-likeness (QED) is 0.611. The molecule has 0 unspecified atom stereocenters. The van der Waals surface area contributed by atoms with Gasteiger partial charge in [0.05, 0.1) is 5.52 Å². The van der Waals surface area contributed by atoms with Gasteiger partial charge >= 0.3 is 0 Å². The third-order valence-corrected chi connectivity index (χ3v) is 3.90. The topological polar surface area (TPSA) is 14.2 Å². The van der Waals surface area contributed by atoms with Crippen molar-refractivity contribution in [1.82, 2.24) is 4.57 Å². The van der Waals surface area contributed by atoms with E-state index in [1.165, 1.54) is 6.07 Å². The Bertz CT molecular complexity index is 793. The van der Waals surface area contributed by atoms with Crippen LogP contribution in [0.1, 0.15) is 25.5 Å². The first-order valence-electron chi connectivity index (χ1n) is 7.22. The zero-order valence-corrected chi connectivity index (χ0v) is 13.3. The summed E-state index contributed by atoms with van der Waals surface area (Å²) >= 11 is 5.86. The van der Waals surface area contributed by atoms with E-state index < -0.39 is 0 Å². The van der Waals surface area contributed by atoms with Crippen molar-refractivity contribution in [2.75, 3.05) is 0 Å². The van der Waals surface area contributed by atoms with E-state index in [1.807, 2.05) is 12.3 Å². The van der Waals surface area contributed by atoms with Crippen LogP contribution in [0.25, 0.3) is 10.9 Å². The minimum atomic E-state index is -0.216. The average Bonchev–Trinajstić information content (AvgIpc) is 2.87. The number of rotatable bonds is 4. The Balaban J connectivity index is 1.94. The van der Waals surface area contributed by atoms with Crippen molar-refractivity contribution < 1.29 is 9.13 Å². The van der Waals surface area contributed by atoms with E-state index in [-0.39, 0.29) is 11.9 Å². The second-order valence-corrected chi connectivity index (χ2v) is 5.97. The van der Waals surface area contributed by atoms with Gasteiger partial charge in [0, 0.05) is 28.2 Å². The van der Waals surface area contributed by atoms with Crippen LogP contribution in [0, 0.1) is 5.82 Å². The molecule has 0 bridgehead atoms. The number of benzene rings is 2. The van der Waals surface area contributed by atoms with Gasteiger partial charge in [-0.15, -0.1) is 0 Å². The fraction of sp³-hybridized carbons (Fsp3) is 0.222. The van der Waals surface area contributed by atoms with Gasteiger partial charge in [-0.2, -0.15) is 0 Å². The highest BCUT2D eigenvalue weighted by molar-refractivity contribution is 6.30. The highest BCUT2D eigenvalue weighted by Gasteiger charge is 2.14. The molecule has 1 aromatic heterocycles. The molecule has 2 nitrogen and oxygen atoms in total. The Labute approximate surface area is 134 Å². The molecule has 0 atom stereocenters. The second-order valence-electron chi connectivity index (χ2n) is 5.53. The molecule has 0 saturated heterocycles. The normalized spacial score (nSPS) is 11.3. The number of nitrogens with zero attached hydrogens (tertiary/aromatic N) is 1. The highest BCUT2D eigenvalue weighted by atomic mass is 35.5. The molecule has 0 spiro atoms. The largest absolute Gasteiger partial charge is 0.489 e. The monoisotopic (exact) mass is 317 g/mol. The first-order chi connectivity index (χ1) is 10.6. The van der Waals surface area contributed by atoms with Gasteiger partial charge in [0.2, 0.25) is 0 Å². The van der Waals surface area contributed by atoms with Gasteiger partial charge in [-0.1, -0.05) is 17.7 Å².